The molecule has 33 heavy (non-hydrogen) atoms. The van der Waals surface area contributed by atoms with Gasteiger partial charge in [0.2, 0.25) is 0 Å². The number of nitrogens with one attached hydrogen (secondary N) is 1. The summed E-state index contributed by atoms with van der Waals surface area (Å²) in [6.45, 7) is 0. The summed E-state index contributed by atoms with van der Waals surface area (Å²) >= 11 is 6.28. The molecule has 0 spiro atoms. The van der Waals surface area contributed by atoms with E-state index in [-0.39, 0.29) is 11.6 Å². The van der Waals surface area contributed by atoms with E-state index < -0.39 is 0 Å². The molecule has 1 atom stereocenters. The number of aryl methyl sites for hydroxylation is 1. The van der Waals surface area contributed by atoms with Gasteiger partial charge in [0.05, 0.1) is 23.6 Å². The van der Waals surface area contributed by atoms with E-state index in [1.807, 2.05) is 34.9 Å². The lowest BCUT2D eigenvalue weighted by Crippen LogP contribution is -2.23. The highest BCUT2D eigenvalue weighted by atomic mass is 35.5. The van der Waals surface area contributed by atoms with E-state index in [1.54, 1.807) is 35.4 Å². The van der Waals surface area contributed by atoms with Crippen LogP contribution in [-0.4, -0.2) is 39.7 Å². The first-order valence-corrected chi connectivity index (χ1v) is 10.8. The number of imidazole rings is 1. The molecule has 0 bridgehead atoms. The Morgan fingerprint density at radius 2 is 2.03 bits per heavy atom. The van der Waals surface area contributed by atoms with Crippen molar-refractivity contribution >= 4 is 11.6 Å². The fraction of sp³-hybridized carbons (Fsp3) is 0.130. The third kappa shape index (κ3) is 3.42. The number of benzene rings is 1. The third-order valence-corrected chi connectivity index (χ3v) is 6.12. The molecule has 1 N–H and O–H groups in total. The zero-order valence-corrected chi connectivity index (χ0v) is 18.0. The van der Waals surface area contributed by atoms with Crippen molar-refractivity contribution in [3.05, 3.63) is 94.3 Å². The number of hydrogen-bond acceptors (Lipinski definition) is 6. The fourth-order valence-corrected chi connectivity index (χ4v) is 4.57. The maximum Gasteiger partial charge on any atom is 0.252 e. The van der Waals surface area contributed by atoms with E-state index in [2.05, 4.69) is 30.5 Å². The summed E-state index contributed by atoms with van der Waals surface area (Å²) in [7, 11) is 0. The maximum absolute atomic E-state index is 13.3. The number of halogens is 1. The number of aromatic nitrogens is 8. The van der Waals surface area contributed by atoms with Gasteiger partial charge >= 0.3 is 0 Å². The molecule has 162 valence electrons. The summed E-state index contributed by atoms with van der Waals surface area (Å²) in [5.41, 5.74) is 4.99. The fourth-order valence-electron chi connectivity index (χ4n) is 4.40. The lowest BCUT2D eigenvalue weighted by Gasteiger charge is -2.15. The van der Waals surface area contributed by atoms with Gasteiger partial charge in [-0.3, -0.25) is 9.78 Å². The monoisotopic (exact) mass is 456 g/mol. The normalized spacial score (nSPS) is 15.0. The number of nitrogens with zero attached hydrogens (tertiary/aromatic N) is 7. The van der Waals surface area contributed by atoms with E-state index in [0.717, 1.165) is 52.4 Å². The highest BCUT2D eigenvalue weighted by Gasteiger charge is 2.28. The van der Waals surface area contributed by atoms with Gasteiger partial charge in [0, 0.05) is 40.3 Å². The van der Waals surface area contributed by atoms with Crippen molar-refractivity contribution in [2.24, 2.45) is 0 Å². The molecule has 5 aromatic rings. The minimum atomic E-state index is -0.148. The number of fused-ring (bicyclic) bond motifs is 1. The molecule has 0 radical (unpaired) electrons. The number of H-pyrrole nitrogens is 1. The van der Waals surface area contributed by atoms with Crippen molar-refractivity contribution in [3.63, 3.8) is 0 Å². The van der Waals surface area contributed by atoms with Crippen LogP contribution in [0.3, 0.4) is 0 Å². The van der Waals surface area contributed by atoms with Crippen LogP contribution in [0.2, 0.25) is 5.02 Å². The first-order valence-electron chi connectivity index (χ1n) is 10.4. The van der Waals surface area contributed by atoms with Crippen molar-refractivity contribution in [1.29, 1.82) is 0 Å². The van der Waals surface area contributed by atoms with Crippen molar-refractivity contribution in [1.82, 2.24) is 39.7 Å². The van der Waals surface area contributed by atoms with E-state index in [9.17, 15) is 4.79 Å². The third-order valence-electron chi connectivity index (χ3n) is 5.88. The van der Waals surface area contributed by atoms with Crippen LogP contribution >= 0.6 is 11.6 Å². The molecule has 5 heterocycles. The Morgan fingerprint density at radius 1 is 1.09 bits per heavy atom. The molecule has 9 nitrogen and oxygen atoms in total. The standard InChI is InChI=1S/C23H17ClN8O/c24-16-3-5-20(31-13-27-29-30-31)18(10-16)15-8-17-4-6-21(32(17)22(33)9-15)23-26-12-19(28-23)14-2-1-7-25-11-14/h1-3,5,7-13,21H,4,6H2,(H,26,28)/t21-/m0/s1. The molecule has 0 aliphatic carbocycles. The Labute approximate surface area is 192 Å². The van der Waals surface area contributed by atoms with E-state index in [1.165, 1.54) is 6.33 Å². The minimum absolute atomic E-state index is 0.0908. The van der Waals surface area contributed by atoms with Crippen LogP contribution in [0.5, 0.6) is 0 Å². The molecule has 6 rings (SSSR count). The highest BCUT2D eigenvalue weighted by molar-refractivity contribution is 6.31. The smallest absolute Gasteiger partial charge is 0.252 e. The molecule has 1 aliphatic rings. The van der Waals surface area contributed by atoms with E-state index in [4.69, 9.17) is 11.6 Å². The molecule has 0 amide bonds. The topological polar surface area (TPSA) is 107 Å². The van der Waals surface area contributed by atoms with Crippen molar-refractivity contribution in [2.45, 2.75) is 18.9 Å². The molecule has 1 aliphatic heterocycles. The SMILES string of the molecule is O=c1cc(-c2cc(Cl)ccc2-n2cnnn2)cc2n1[C@H](c1ncc(-c3cccnc3)[nH]1)CC2. The number of hydrogen-bond donors (Lipinski definition) is 1. The van der Waals surface area contributed by atoms with Crippen LogP contribution in [0.15, 0.2) is 72.2 Å². The lowest BCUT2D eigenvalue weighted by atomic mass is 10.0. The second-order valence-corrected chi connectivity index (χ2v) is 8.27. The molecular weight excluding hydrogens is 440 g/mol. The molecule has 0 fully saturated rings. The summed E-state index contributed by atoms with van der Waals surface area (Å²) < 4.78 is 3.37. The average molecular weight is 457 g/mol. The second kappa shape index (κ2) is 7.79. The van der Waals surface area contributed by atoms with Crippen LogP contribution in [0, 0.1) is 0 Å². The van der Waals surface area contributed by atoms with Gasteiger partial charge in [-0.1, -0.05) is 11.6 Å². The first kappa shape index (κ1) is 19.6. The summed E-state index contributed by atoms with van der Waals surface area (Å²) in [5.74, 6) is 0.764. The molecule has 10 heteroatoms. The summed E-state index contributed by atoms with van der Waals surface area (Å²) in [6, 6.07) is 12.8. The van der Waals surface area contributed by atoms with Gasteiger partial charge in [0.25, 0.3) is 5.56 Å². The van der Waals surface area contributed by atoms with E-state index >= 15 is 0 Å². The number of rotatable bonds is 4. The van der Waals surface area contributed by atoms with Gasteiger partial charge in [-0.25, -0.2) is 4.98 Å². The maximum atomic E-state index is 13.3. The Morgan fingerprint density at radius 3 is 2.85 bits per heavy atom. The van der Waals surface area contributed by atoms with Crippen LogP contribution in [0.1, 0.15) is 24.0 Å². The van der Waals surface area contributed by atoms with Gasteiger partial charge in [-0.05, 0) is 65.2 Å². The van der Waals surface area contributed by atoms with Gasteiger partial charge < -0.3 is 9.55 Å². The second-order valence-electron chi connectivity index (χ2n) is 7.84. The quantitative estimate of drug-likeness (QED) is 0.443. The number of tetrazole rings is 1. The Kier molecular flexibility index (Phi) is 4.62. The lowest BCUT2D eigenvalue weighted by molar-refractivity contribution is 0.572. The molecule has 0 saturated heterocycles. The molecule has 0 unspecified atom stereocenters. The van der Waals surface area contributed by atoms with Gasteiger partial charge in [0.1, 0.15) is 12.2 Å². The summed E-state index contributed by atoms with van der Waals surface area (Å²) in [5, 5.41) is 12.0. The first-order chi connectivity index (χ1) is 16.2. The minimum Gasteiger partial charge on any atom is -0.340 e. The summed E-state index contributed by atoms with van der Waals surface area (Å²) in [4.78, 5) is 25.4. The predicted octanol–water partition coefficient (Wildman–Crippen LogP) is 3.47. The van der Waals surface area contributed by atoms with Crippen LogP contribution in [-0.2, 0) is 6.42 Å². The molecular formula is C23H17ClN8O. The van der Waals surface area contributed by atoms with Crippen LogP contribution < -0.4 is 5.56 Å². The Bertz CT molecular complexity index is 1510. The zero-order chi connectivity index (χ0) is 22.4. The number of aromatic amines is 1. The average Bonchev–Trinajstić information content (AvgIpc) is 3.60. The van der Waals surface area contributed by atoms with Crippen LogP contribution in [0.25, 0.3) is 28.1 Å². The predicted molar refractivity (Wildman–Crippen MR) is 122 cm³/mol. The van der Waals surface area contributed by atoms with Gasteiger partial charge in [-0.15, -0.1) is 5.10 Å². The Balaban J connectivity index is 1.40. The van der Waals surface area contributed by atoms with Crippen LogP contribution in [0.4, 0.5) is 0 Å². The Hall–Kier alpha value is -4.11. The van der Waals surface area contributed by atoms with Gasteiger partial charge in [-0.2, -0.15) is 4.68 Å². The molecule has 0 saturated carbocycles. The largest absolute Gasteiger partial charge is 0.340 e. The molecule has 1 aromatic carbocycles. The van der Waals surface area contributed by atoms with Crippen molar-refractivity contribution in [2.75, 3.05) is 0 Å². The van der Waals surface area contributed by atoms with Gasteiger partial charge in [0.15, 0.2) is 0 Å². The summed E-state index contributed by atoms with van der Waals surface area (Å²) in [6.07, 6.45) is 8.36. The zero-order valence-electron chi connectivity index (χ0n) is 17.3. The van der Waals surface area contributed by atoms with E-state index in [0.29, 0.717) is 5.02 Å². The van der Waals surface area contributed by atoms with Crippen molar-refractivity contribution < 1.29 is 0 Å². The molecule has 4 aromatic heterocycles. The number of pyridine rings is 2. The highest BCUT2D eigenvalue weighted by Crippen LogP contribution is 2.34. The van der Waals surface area contributed by atoms with Crippen molar-refractivity contribution in [3.8, 4) is 28.1 Å².